The van der Waals surface area contributed by atoms with Gasteiger partial charge in [-0.2, -0.15) is 0 Å². The lowest BCUT2D eigenvalue weighted by molar-refractivity contribution is -0.298. The fraction of sp³-hybridized carbons (Fsp3) is 0.841. The second-order valence-corrected chi connectivity index (χ2v) is 15.2. The SMILES string of the molecule is CCCCC/C=C\C/C=C\CCCCCCCCCC(=O)OCC(COC1OC(C(=O)O)C(O)C(O)C1O)OC(=O)CCCCCCCCCCCCCC. The van der Waals surface area contributed by atoms with Crippen molar-refractivity contribution < 1.29 is 53.8 Å². The molecule has 1 fully saturated rings. The van der Waals surface area contributed by atoms with Gasteiger partial charge in [-0.15, -0.1) is 0 Å². The Kier molecular flexibility index (Phi) is 32.2. The van der Waals surface area contributed by atoms with E-state index < -0.39 is 54.7 Å². The van der Waals surface area contributed by atoms with E-state index in [1.807, 2.05) is 0 Å². The van der Waals surface area contributed by atoms with Crippen LogP contribution in [0.1, 0.15) is 187 Å². The molecule has 11 nitrogen and oxygen atoms in total. The third-order valence-electron chi connectivity index (χ3n) is 10.1. The zero-order valence-electron chi connectivity index (χ0n) is 34.4. The lowest BCUT2D eigenvalue weighted by Gasteiger charge is -2.38. The molecular formula is C44H78O11. The van der Waals surface area contributed by atoms with Crippen molar-refractivity contribution in [2.24, 2.45) is 0 Å². The van der Waals surface area contributed by atoms with Gasteiger partial charge in [0.1, 0.15) is 24.9 Å². The zero-order chi connectivity index (χ0) is 40.4. The van der Waals surface area contributed by atoms with E-state index in [1.54, 1.807) is 0 Å². The molecule has 1 heterocycles. The van der Waals surface area contributed by atoms with Crippen LogP contribution in [0.5, 0.6) is 0 Å². The predicted molar refractivity (Wildman–Crippen MR) is 215 cm³/mol. The monoisotopic (exact) mass is 783 g/mol. The quantitative estimate of drug-likeness (QED) is 0.0272. The molecule has 11 heteroatoms. The average molecular weight is 783 g/mol. The number of carbonyl (C=O) groups is 3. The van der Waals surface area contributed by atoms with Crippen LogP contribution in [0.3, 0.4) is 0 Å². The van der Waals surface area contributed by atoms with Crippen LogP contribution in [0, 0.1) is 0 Å². The van der Waals surface area contributed by atoms with Gasteiger partial charge in [-0.3, -0.25) is 9.59 Å². The number of unbranched alkanes of at least 4 members (excludes halogenated alkanes) is 21. The molecule has 0 aromatic heterocycles. The molecule has 320 valence electrons. The van der Waals surface area contributed by atoms with E-state index >= 15 is 0 Å². The molecule has 0 aromatic carbocycles. The van der Waals surface area contributed by atoms with Crippen molar-refractivity contribution in [2.45, 2.75) is 224 Å². The standard InChI is InChI=1S/C44H78O11/c1-3-5-7-9-11-13-15-17-18-19-20-21-23-24-26-28-30-32-37(45)52-34-36(35-53-44-41(49)39(47)40(48)42(55-44)43(50)51)54-38(46)33-31-29-27-25-22-16-14-12-10-8-6-4-2/h11,13,17-18,36,39-42,44,47-49H,3-10,12,14-16,19-35H2,1-2H3,(H,50,51)/b13-11-,18-17-. The summed E-state index contributed by atoms with van der Waals surface area (Å²) >= 11 is 0. The van der Waals surface area contributed by atoms with E-state index in [0.29, 0.717) is 12.8 Å². The summed E-state index contributed by atoms with van der Waals surface area (Å²) in [5.41, 5.74) is 0. The van der Waals surface area contributed by atoms with Crippen LogP contribution in [0.25, 0.3) is 0 Å². The summed E-state index contributed by atoms with van der Waals surface area (Å²) in [5, 5.41) is 39.7. The average Bonchev–Trinajstić information content (AvgIpc) is 3.17. The number of ether oxygens (including phenoxy) is 4. The first kappa shape index (κ1) is 50.7. The first-order valence-electron chi connectivity index (χ1n) is 21.9. The maximum Gasteiger partial charge on any atom is 0.335 e. The lowest BCUT2D eigenvalue weighted by Crippen LogP contribution is -2.60. The van der Waals surface area contributed by atoms with E-state index in [-0.39, 0.29) is 26.1 Å². The van der Waals surface area contributed by atoms with E-state index in [2.05, 4.69) is 38.2 Å². The molecule has 6 atom stereocenters. The molecule has 0 radical (unpaired) electrons. The second-order valence-electron chi connectivity index (χ2n) is 15.2. The van der Waals surface area contributed by atoms with Crippen LogP contribution < -0.4 is 0 Å². The molecule has 0 saturated carbocycles. The van der Waals surface area contributed by atoms with Crippen LogP contribution >= 0.6 is 0 Å². The number of aliphatic hydroxyl groups excluding tert-OH is 3. The fourth-order valence-corrected chi connectivity index (χ4v) is 6.56. The Morgan fingerprint density at radius 1 is 0.564 bits per heavy atom. The van der Waals surface area contributed by atoms with E-state index in [9.17, 15) is 34.8 Å². The molecule has 0 spiro atoms. The van der Waals surface area contributed by atoms with Gasteiger partial charge in [0.25, 0.3) is 0 Å². The van der Waals surface area contributed by atoms with Gasteiger partial charge in [0.2, 0.25) is 0 Å². The smallest absolute Gasteiger partial charge is 0.335 e. The van der Waals surface area contributed by atoms with Gasteiger partial charge < -0.3 is 39.4 Å². The summed E-state index contributed by atoms with van der Waals surface area (Å²) < 4.78 is 21.7. The third kappa shape index (κ3) is 27.0. The summed E-state index contributed by atoms with van der Waals surface area (Å²) in [5.74, 6) is -2.45. The number of hydrogen-bond acceptors (Lipinski definition) is 10. The van der Waals surface area contributed by atoms with Gasteiger partial charge in [-0.25, -0.2) is 4.79 Å². The highest BCUT2D eigenvalue weighted by atomic mass is 16.7. The number of aliphatic hydroxyl groups is 3. The fourth-order valence-electron chi connectivity index (χ4n) is 6.56. The first-order valence-corrected chi connectivity index (χ1v) is 21.9. The number of aliphatic carboxylic acids is 1. The van der Waals surface area contributed by atoms with Crippen LogP contribution in [0.4, 0.5) is 0 Å². The van der Waals surface area contributed by atoms with Crippen molar-refractivity contribution in [1.82, 2.24) is 0 Å². The molecule has 0 aromatic rings. The molecule has 0 bridgehead atoms. The van der Waals surface area contributed by atoms with Gasteiger partial charge in [-0.05, 0) is 44.9 Å². The van der Waals surface area contributed by atoms with Crippen molar-refractivity contribution in [1.29, 1.82) is 0 Å². The summed E-state index contributed by atoms with van der Waals surface area (Å²) in [4.78, 5) is 36.7. The Morgan fingerprint density at radius 2 is 1.02 bits per heavy atom. The van der Waals surface area contributed by atoms with Crippen LogP contribution in [-0.2, 0) is 33.3 Å². The normalized spacial score (nSPS) is 20.6. The zero-order valence-corrected chi connectivity index (χ0v) is 34.4. The number of hydrogen-bond donors (Lipinski definition) is 4. The molecule has 0 amide bonds. The number of rotatable bonds is 36. The van der Waals surface area contributed by atoms with Gasteiger partial charge in [0.05, 0.1) is 6.61 Å². The second kappa shape index (κ2) is 34.9. The molecule has 6 unspecified atom stereocenters. The Balaban J connectivity index is 2.37. The number of allylic oxidation sites excluding steroid dienone is 4. The third-order valence-corrected chi connectivity index (χ3v) is 10.1. The van der Waals surface area contributed by atoms with Gasteiger partial charge in [-0.1, -0.05) is 154 Å². The molecule has 4 N–H and O–H groups in total. The maximum absolute atomic E-state index is 12.7. The molecule has 1 aliphatic rings. The number of carboxylic acids is 1. The lowest BCUT2D eigenvalue weighted by atomic mass is 9.99. The molecule has 1 aliphatic heterocycles. The minimum Gasteiger partial charge on any atom is -0.479 e. The van der Waals surface area contributed by atoms with Crippen LogP contribution in [0.15, 0.2) is 24.3 Å². The van der Waals surface area contributed by atoms with Gasteiger partial charge >= 0.3 is 17.9 Å². The van der Waals surface area contributed by atoms with Crippen LogP contribution in [0.2, 0.25) is 0 Å². The highest BCUT2D eigenvalue weighted by Gasteiger charge is 2.47. The Labute approximate surface area is 332 Å². The van der Waals surface area contributed by atoms with Crippen molar-refractivity contribution in [3.8, 4) is 0 Å². The van der Waals surface area contributed by atoms with E-state index in [4.69, 9.17) is 18.9 Å². The highest BCUT2D eigenvalue weighted by Crippen LogP contribution is 2.23. The number of esters is 2. The Bertz CT molecular complexity index is 1020. The highest BCUT2D eigenvalue weighted by molar-refractivity contribution is 5.73. The molecule has 0 aliphatic carbocycles. The van der Waals surface area contributed by atoms with Gasteiger partial charge in [0.15, 0.2) is 18.5 Å². The first-order chi connectivity index (χ1) is 26.7. The summed E-state index contributed by atoms with van der Waals surface area (Å²) in [6.07, 6.45) is 28.0. The van der Waals surface area contributed by atoms with Gasteiger partial charge in [0, 0.05) is 12.8 Å². The summed E-state index contributed by atoms with van der Waals surface area (Å²) in [6.45, 7) is 3.77. The summed E-state index contributed by atoms with van der Waals surface area (Å²) in [6, 6.07) is 0. The van der Waals surface area contributed by atoms with Crippen molar-refractivity contribution in [3.63, 3.8) is 0 Å². The Hall–Kier alpha value is -2.31. The van der Waals surface area contributed by atoms with Crippen molar-refractivity contribution in [2.75, 3.05) is 13.2 Å². The van der Waals surface area contributed by atoms with Crippen molar-refractivity contribution in [3.05, 3.63) is 24.3 Å². The molecule has 1 rings (SSSR count). The predicted octanol–water partition coefficient (Wildman–Crippen LogP) is 9.04. The van der Waals surface area contributed by atoms with Crippen molar-refractivity contribution >= 4 is 17.9 Å². The largest absolute Gasteiger partial charge is 0.479 e. The summed E-state index contributed by atoms with van der Waals surface area (Å²) in [7, 11) is 0. The minimum absolute atomic E-state index is 0.184. The molecular weight excluding hydrogens is 704 g/mol. The number of carbonyl (C=O) groups excluding carboxylic acids is 2. The molecule has 1 saturated heterocycles. The Morgan fingerprint density at radius 3 is 1.55 bits per heavy atom. The number of carboxylic acid groups (broad SMARTS) is 1. The topological polar surface area (TPSA) is 169 Å². The molecule has 55 heavy (non-hydrogen) atoms. The maximum atomic E-state index is 12.7. The van der Waals surface area contributed by atoms with Crippen LogP contribution in [-0.4, -0.2) is 88.4 Å². The van der Waals surface area contributed by atoms with E-state index in [0.717, 1.165) is 51.4 Å². The van der Waals surface area contributed by atoms with E-state index in [1.165, 1.54) is 96.3 Å². The minimum atomic E-state index is -1.86.